The highest BCUT2D eigenvalue weighted by Gasteiger charge is 2.29. The minimum Gasteiger partial charge on any atom is -0.653 e. The Kier molecular flexibility index (Phi) is 5.40. The summed E-state index contributed by atoms with van der Waals surface area (Å²) in [5.41, 5.74) is 0.515. The molecule has 1 aromatic rings. The van der Waals surface area contributed by atoms with Gasteiger partial charge < -0.3 is 15.0 Å². The Hall–Kier alpha value is -1.62. The predicted octanol–water partition coefficient (Wildman–Crippen LogP) is 3.91. The van der Waals surface area contributed by atoms with Crippen LogP contribution in [0.15, 0.2) is 30.3 Å². The van der Waals surface area contributed by atoms with Crippen molar-refractivity contribution in [3.05, 3.63) is 41.2 Å². The van der Waals surface area contributed by atoms with Crippen LogP contribution in [0.1, 0.15) is 32.8 Å². The third-order valence-electron chi connectivity index (χ3n) is 3.51. The van der Waals surface area contributed by atoms with Gasteiger partial charge in [-0.2, -0.15) is 0 Å². The molecule has 2 atom stereocenters. The summed E-state index contributed by atoms with van der Waals surface area (Å²) in [4.78, 5) is 13.4. The molecule has 122 valence electrons. The first-order valence-electron chi connectivity index (χ1n) is 7.68. The highest BCUT2D eigenvalue weighted by atomic mass is 19.1. The second kappa shape index (κ2) is 7.09. The number of piperidine rings is 1. The van der Waals surface area contributed by atoms with Crippen molar-refractivity contribution in [2.75, 3.05) is 13.1 Å². The molecule has 1 unspecified atom stereocenters. The smallest absolute Gasteiger partial charge is 0.410 e. The molecule has 0 N–H and O–H groups in total. The highest BCUT2D eigenvalue weighted by Crippen LogP contribution is 2.24. The number of amides is 1. The van der Waals surface area contributed by atoms with Gasteiger partial charge in [-0.1, -0.05) is 35.9 Å². The van der Waals surface area contributed by atoms with E-state index < -0.39 is 17.9 Å². The Morgan fingerprint density at radius 3 is 2.64 bits per heavy atom. The molecule has 5 heteroatoms. The molecule has 0 saturated carbocycles. The van der Waals surface area contributed by atoms with Crippen LogP contribution in [0.5, 0.6) is 0 Å². The Bertz CT molecular complexity index is 487. The number of hydrogen-bond donors (Lipinski definition) is 0. The zero-order chi connectivity index (χ0) is 16.2. The van der Waals surface area contributed by atoms with Gasteiger partial charge in [0.25, 0.3) is 0 Å². The summed E-state index contributed by atoms with van der Waals surface area (Å²) >= 11 is 0. The van der Waals surface area contributed by atoms with Gasteiger partial charge in [-0.05, 0) is 27.2 Å². The first-order valence-corrected chi connectivity index (χ1v) is 7.68. The maximum Gasteiger partial charge on any atom is 0.410 e. The van der Waals surface area contributed by atoms with Crippen LogP contribution in [0.4, 0.5) is 9.18 Å². The number of ether oxygens (including phenoxy) is 1. The summed E-state index contributed by atoms with van der Waals surface area (Å²) in [5, 5.41) is 4.45. The number of alkyl halides is 1. The number of carbonyl (C=O) groups is 1. The van der Waals surface area contributed by atoms with Crippen molar-refractivity contribution in [3.8, 4) is 0 Å². The normalized spacial score (nSPS) is 22.5. The second-order valence-electron chi connectivity index (χ2n) is 6.62. The molecule has 1 amide bonds. The number of carbonyl (C=O) groups excluding carboxylic acids is 1. The quantitative estimate of drug-likeness (QED) is 0.850. The number of benzene rings is 1. The first-order chi connectivity index (χ1) is 10.3. The second-order valence-corrected chi connectivity index (χ2v) is 6.62. The topological polar surface area (TPSA) is 43.6 Å². The van der Waals surface area contributed by atoms with Crippen molar-refractivity contribution in [1.29, 1.82) is 0 Å². The van der Waals surface area contributed by atoms with Crippen molar-refractivity contribution >= 4 is 6.09 Å². The summed E-state index contributed by atoms with van der Waals surface area (Å²) in [6, 6.07) is 9.45. The fourth-order valence-electron chi connectivity index (χ4n) is 2.40. The molecule has 1 aliphatic heterocycles. The zero-order valence-electron chi connectivity index (χ0n) is 13.5. The molecular weight excluding hydrogens is 283 g/mol. The molecule has 1 aliphatic rings. The molecule has 0 radical (unpaired) electrons. The average Bonchev–Trinajstić information content (AvgIpc) is 2.45. The number of hydrogen-bond acceptors (Lipinski definition) is 2. The molecular formula is C17H24FN2O2-. The zero-order valence-corrected chi connectivity index (χ0v) is 13.5. The van der Waals surface area contributed by atoms with E-state index in [1.54, 1.807) is 20.8 Å². The Morgan fingerprint density at radius 2 is 2.05 bits per heavy atom. The van der Waals surface area contributed by atoms with Gasteiger partial charge in [0.2, 0.25) is 0 Å². The van der Waals surface area contributed by atoms with E-state index in [-0.39, 0.29) is 12.6 Å². The molecule has 0 aliphatic carbocycles. The number of halogens is 1. The number of nitrogens with zero attached hydrogens (tertiary/aromatic N) is 2. The van der Waals surface area contributed by atoms with E-state index in [0.717, 1.165) is 5.56 Å². The standard InChI is InChI=1S/C17H24FN2O2/c1-17(2,3)22-16(21)20-10-9-15(14(18)12-20)19-11-13-7-5-4-6-8-13/h4-8,14-15H,9-12H2,1-3H3/q-1/t14-,15?/m1/s1. The van der Waals surface area contributed by atoms with Gasteiger partial charge in [0.05, 0.1) is 6.54 Å². The lowest BCUT2D eigenvalue weighted by molar-refractivity contribution is 0.0127. The molecule has 0 aromatic heterocycles. The SMILES string of the molecule is CC(C)(C)OC(=O)N1CCC([N-]Cc2ccccc2)[C@H](F)C1. The van der Waals surface area contributed by atoms with Crippen LogP contribution in [-0.4, -0.2) is 41.9 Å². The summed E-state index contributed by atoms with van der Waals surface area (Å²) < 4.78 is 19.5. The van der Waals surface area contributed by atoms with Gasteiger partial charge in [-0.25, -0.2) is 9.18 Å². The third-order valence-corrected chi connectivity index (χ3v) is 3.51. The van der Waals surface area contributed by atoms with Crippen LogP contribution in [0.3, 0.4) is 0 Å². The summed E-state index contributed by atoms with van der Waals surface area (Å²) in [6.07, 6.45) is -1.05. The van der Waals surface area contributed by atoms with Crippen LogP contribution in [0, 0.1) is 0 Å². The Labute approximate surface area is 131 Å². The maximum atomic E-state index is 14.3. The van der Waals surface area contributed by atoms with Crippen molar-refractivity contribution < 1.29 is 13.9 Å². The van der Waals surface area contributed by atoms with E-state index in [0.29, 0.717) is 19.5 Å². The number of likely N-dealkylation sites (tertiary alicyclic amines) is 1. The lowest BCUT2D eigenvalue weighted by Crippen LogP contribution is -2.48. The molecule has 0 spiro atoms. The molecule has 2 rings (SSSR count). The molecule has 1 aromatic carbocycles. The largest absolute Gasteiger partial charge is 0.653 e. The summed E-state index contributed by atoms with van der Waals surface area (Å²) in [6.45, 7) is 6.47. The first kappa shape index (κ1) is 16.7. The van der Waals surface area contributed by atoms with E-state index >= 15 is 0 Å². The van der Waals surface area contributed by atoms with Crippen LogP contribution in [0.25, 0.3) is 5.32 Å². The molecule has 0 bridgehead atoms. The maximum absolute atomic E-state index is 14.3. The summed E-state index contributed by atoms with van der Waals surface area (Å²) in [7, 11) is 0. The van der Waals surface area contributed by atoms with Crippen molar-refractivity contribution in [3.63, 3.8) is 0 Å². The lowest BCUT2D eigenvalue weighted by Gasteiger charge is -2.42. The Balaban J connectivity index is 1.81. The molecule has 1 heterocycles. The third kappa shape index (κ3) is 4.98. The van der Waals surface area contributed by atoms with Gasteiger partial charge >= 0.3 is 6.09 Å². The van der Waals surface area contributed by atoms with Crippen molar-refractivity contribution in [2.24, 2.45) is 0 Å². The predicted molar refractivity (Wildman–Crippen MR) is 84.6 cm³/mol. The molecule has 4 nitrogen and oxygen atoms in total. The van der Waals surface area contributed by atoms with Crippen molar-refractivity contribution in [2.45, 2.75) is 51.6 Å². The van der Waals surface area contributed by atoms with E-state index in [4.69, 9.17) is 4.74 Å². The van der Waals surface area contributed by atoms with Gasteiger partial charge in [0, 0.05) is 6.54 Å². The monoisotopic (exact) mass is 307 g/mol. The average molecular weight is 307 g/mol. The van der Waals surface area contributed by atoms with Crippen LogP contribution in [-0.2, 0) is 11.3 Å². The van der Waals surface area contributed by atoms with Gasteiger partial charge in [-0.15, -0.1) is 12.6 Å². The van der Waals surface area contributed by atoms with E-state index in [1.807, 2.05) is 30.3 Å². The van der Waals surface area contributed by atoms with Crippen LogP contribution < -0.4 is 0 Å². The molecule has 1 saturated heterocycles. The number of rotatable bonds is 3. The van der Waals surface area contributed by atoms with E-state index in [9.17, 15) is 9.18 Å². The van der Waals surface area contributed by atoms with Crippen LogP contribution >= 0.6 is 0 Å². The van der Waals surface area contributed by atoms with Crippen LogP contribution in [0.2, 0.25) is 0 Å². The summed E-state index contributed by atoms with van der Waals surface area (Å²) in [5.74, 6) is 0. The van der Waals surface area contributed by atoms with Gasteiger partial charge in [0.15, 0.2) is 0 Å². The fourth-order valence-corrected chi connectivity index (χ4v) is 2.40. The fraction of sp³-hybridized carbons (Fsp3) is 0.588. The Morgan fingerprint density at radius 1 is 1.36 bits per heavy atom. The molecule has 1 fully saturated rings. The minimum absolute atomic E-state index is 0.0534. The van der Waals surface area contributed by atoms with E-state index in [2.05, 4.69) is 5.32 Å². The minimum atomic E-state index is -1.13. The lowest BCUT2D eigenvalue weighted by atomic mass is 10.0. The van der Waals surface area contributed by atoms with E-state index in [1.165, 1.54) is 4.90 Å². The molecule has 22 heavy (non-hydrogen) atoms. The van der Waals surface area contributed by atoms with Gasteiger partial charge in [-0.3, -0.25) is 0 Å². The van der Waals surface area contributed by atoms with Crippen molar-refractivity contribution in [1.82, 2.24) is 4.90 Å². The highest BCUT2D eigenvalue weighted by molar-refractivity contribution is 5.68. The van der Waals surface area contributed by atoms with Gasteiger partial charge in [0.1, 0.15) is 11.8 Å².